The van der Waals surface area contributed by atoms with Crippen molar-refractivity contribution < 1.29 is 0 Å². The number of aromatic nitrogens is 5. The Labute approximate surface area is 543 Å². The molecule has 6 nitrogen and oxygen atoms in total. The van der Waals surface area contributed by atoms with E-state index in [1.54, 1.807) is 0 Å². The molecule has 0 amide bonds. The molecule has 14 aromatic carbocycles. The van der Waals surface area contributed by atoms with Crippen LogP contribution in [-0.4, -0.2) is 24.1 Å². The molecule has 0 bridgehead atoms. The number of fused-ring (bicyclic) bond motifs is 16. The molecule has 0 saturated carbocycles. The Bertz CT molecular complexity index is 5750. The number of para-hydroxylation sites is 4. The maximum atomic E-state index is 5.38. The highest BCUT2D eigenvalue weighted by atomic mass is 15.2. The van der Waals surface area contributed by atoms with Gasteiger partial charge in [-0.25, -0.2) is 4.98 Å². The lowest BCUT2D eigenvalue weighted by molar-refractivity contribution is 0.794. The topological polar surface area (TPSA) is 51.8 Å². The Hall–Kier alpha value is -12.5. The van der Waals surface area contributed by atoms with E-state index in [4.69, 9.17) is 15.0 Å². The molecule has 438 valence electrons. The highest BCUT2D eigenvalue weighted by Crippen LogP contribution is 2.64. The number of rotatable bonds is 10. The highest BCUT2D eigenvalue weighted by Gasteiger charge is 2.52. The van der Waals surface area contributed by atoms with E-state index >= 15 is 0 Å². The minimum atomic E-state index is -0.422. The lowest BCUT2D eigenvalue weighted by Crippen LogP contribution is -2.25. The molecule has 0 N–H and O–H groups in total. The average molecular weight is 1200 g/mol. The average Bonchev–Trinajstić information content (AvgIpc) is 1.51. The first-order valence-electron chi connectivity index (χ1n) is 32.2. The van der Waals surface area contributed by atoms with Crippen molar-refractivity contribution in [2.24, 2.45) is 0 Å². The summed E-state index contributed by atoms with van der Waals surface area (Å²) in [7, 11) is 0. The van der Waals surface area contributed by atoms with Crippen LogP contribution in [0.4, 0.5) is 17.1 Å². The summed E-state index contributed by atoms with van der Waals surface area (Å²) in [6.45, 7) is 0. The van der Waals surface area contributed by atoms with E-state index in [1.165, 1.54) is 77.4 Å². The Balaban J connectivity index is 0.768. The minimum Gasteiger partial charge on any atom is -0.309 e. The van der Waals surface area contributed by atoms with Crippen LogP contribution in [0.15, 0.2) is 340 Å². The predicted octanol–water partition coefficient (Wildman–Crippen LogP) is 22.2. The van der Waals surface area contributed by atoms with Gasteiger partial charge in [-0.15, -0.1) is 0 Å². The van der Waals surface area contributed by atoms with E-state index in [1.807, 2.05) is 36.4 Å². The van der Waals surface area contributed by atoms with Gasteiger partial charge in [0.25, 0.3) is 0 Å². The Morgan fingerprint density at radius 1 is 0.266 bits per heavy atom. The van der Waals surface area contributed by atoms with Gasteiger partial charge in [0.2, 0.25) is 5.95 Å². The van der Waals surface area contributed by atoms with Crippen LogP contribution < -0.4 is 4.90 Å². The van der Waals surface area contributed by atoms with Crippen molar-refractivity contribution in [2.45, 2.75) is 5.41 Å². The fourth-order valence-corrected chi connectivity index (χ4v) is 15.6. The quantitative estimate of drug-likeness (QED) is 0.137. The summed E-state index contributed by atoms with van der Waals surface area (Å²) >= 11 is 0. The lowest BCUT2D eigenvalue weighted by Gasteiger charge is -2.30. The molecule has 2 aliphatic carbocycles. The van der Waals surface area contributed by atoms with Crippen LogP contribution in [0.3, 0.4) is 0 Å². The molecular weight excluding hydrogens is 1140 g/mol. The molecule has 6 heteroatoms. The molecule has 19 rings (SSSR count). The maximum Gasteiger partial charge on any atom is 0.238 e. The van der Waals surface area contributed by atoms with Gasteiger partial charge < -0.3 is 9.47 Å². The zero-order valence-corrected chi connectivity index (χ0v) is 51.0. The van der Waals surface area contributed by atoms with E-state index in [0.717, 1.165) is 77.9 Å². The van der Waals surface area contributed by atoms with Gasteiger partial charge >= 0.3 is 0 Å². The number of hydrogen-bond acceptors (Lipinski definition) is 4. The van der Waals surface area contributed by atoms with Crippen molar-refractivity contribution in [3.63, 3.8) is 0 Å². The SMILES string of the molecule is c1ccc(-c2nc(-c3ccccc3)nc(-n3c4ccccc4c4cccc(N(c5ccc(-c6cccc(-c7cccc8c7-c7ccccc7C87c8ccccc8-c8ccccc87)c6)cc5)c5ccc(-c6ccc7c(c6)c6ccccc6n7-c6ccccc6)cc5)c43)n2)cc1. The lowest BCUT2D eigenvalue weighted by atomic mass is 9.70. The second kappa shape index (κ2) is 21.3. The van der Waals surface area contributed by atoms with Gasteiger partial charge in [-0.1, -0.05) is 267 Å². The van der Waals surface area contributed by atoms with Crippen molar-refractivity contribution in [3.8, 4) is 90.0 Å². The fraction of sp³-hybridized carbons (Fsp3) is 0.0114. The first-order chi connectivity index (χ1) is 46.6. The number of anilines is 3. The highest BCUT2D eigenvalue weighted by molar-refractivity contribution is 6.15. The molecule has 0 unspecified atom stereocenters. The fourth-order valence-electron chi connectivity index (χ4n) is 15.6. The van der Waals surface area contributed by atoms with Crippen molar-refractivity contribution in [1.82, 2.24) is 24.1 Å². The standard InChI is InChI=1S/C88H56N6/c1-4-23-59(24-5-1)85-89-86(60-25-6-2-7-26-60)91-87(90-85)94-80-43-19-13-33-70(80)72-37-22-44-82(84(72)94)92(66-52-47-58(48-53-66)62-49-54-81-74(56-62)71-34-14-18-42-79(71)93(81)64-29-8-3-9-30-64)65-50-45-57(46-51-65)61-27-20-28-63(55-61)67-36-21-41-78-83(67)73-35-12-17-40-77(73)88(78)75-38-15-10-31-68(75)69-32-11-16-39-76(69)88/h1-56H. The van der Waals surface area contributed by atoms with Crippen molar-refractivity contribution in [2.75, 3.05) is 4.90 Å². The second-order valence-corrected chi connectivity index (χ2v) is 24.6. The maximum absolute atomic E-state index is 5.38. The van der Waals surface area contributed by atoms with Crippen LogP contribution >= 0.6 is 0 Å². The van der Waals surface area contributed by atoms with E-state index < -0.39 is 5.41 Å². The van der Waals surface area contributed by atoms with Crippen molar-refractivity contribution >= 4 is 60.7 Å². The van der Waals surface area contributed by atoms with Crippen molar-refractivity contribution in [1.29, 1.82) is 0 Å². The number of hydrogen-bond donors (Lipinski definition) is 0. The predicted molar refractivity (Wildman–Crippen MR) is 387 cm³/mol. The summed E-state index contributed by atoms with van der Waals surface area (Å²) in [6, 6.07) is 123. The third-order valence-corrected chi connectivity index (χ3v) is 19.6. The monoisotopic (exact) mass is 1200 g/mol. The van der Waals surface area contributed by atoms with Gasteiger partial charge in [-0.05, 0) is 151 Å². The zero-order valence-electron chi connectivity index (χ0n) is 51.0. The van der Waals surface area contributed by atoms with Gasteiger partial charge in [0.1, 0.15) is 0 Å². The van der Waals surface area contributed by atoms with Gasteiger partial charge in [0.15, 0.2) is 11.6 Å². The van der Waals surface area contributed by atoms with Crippen LogP contribution in [-0.2, 0) is 5.41 Å². The van der Waals surface area contributed by atoms with Gasteiger partial charge in [-0.2, -0.15) is 9.97 Å². The van der Waals surface area contributed by atoms with Crippen LogP contribution in [0.1, 0.15) is 22.3 Å². The molecule has 2 aliphatic rings. The summed E-state index contributed by atoms with van der Waals surface area (Å²) in [6.07, 6.45) is 0. The number of benzene rings is 14. The van der Waals surface area contributed by atoms with Crippen LogP contribution in [0.5, 0.6) is 0 Å². The molecule has 0 atom stereocenters. The molecule has 94 heavy (non-hydrogen) atoms. The summed E-state index contributed by atoms with van der Waals surface area (Å²) < 4.78 is 4.62. The summed E-state index contributed by atoms with van der Waals surface area (Å²) in [5, 5.41) is 4.61. The van der Waals surface area contributed by atoms with Crippen LogP contribution in [0.2, 0.25) is 0 Å². The third-order valence-electron chi connectivity index (χ3n) is 19.6. The summed E-state index contributed by atoms with van der Waals surface area (Å²) in [5.41, 5.74) is 27.3. The summed E-state index contributed by atoms with van der Waals surface area (Å²) in [5.74, 6) is 1.72. The van der Waals surface area contributed by atoms with Crippen LogP contribution in [0, 0.1) is 0 Å². The van der Waals surface area contributed by atoms with Crippen LogP contribution in [0.25, 0.3) is 134 Å². The molecular formula is C88H56N6. The molecule has 3 aromatic heterocycles. The molecule has 0 fully saturated rings. The number of nitrogens with zero attached hydrogens (tertiary/aromatic N) is 6. The minimum absolute atomic E-state index is 0.422. The smallest absolute Gasteiger partial charge is 0.238 e. The molecule has 0 saturated heterocycles. The third kappa shape index (κ3) is 8.13. The molecule has 0 radical (unpaired) electrons. The van der Waals surface area contributed by atoms with Gasteiger partial charge in [0.05, 0.1) is 33.2 Å². The molecule has 17 aromatic rings. The van der Waals surface area contributed by atoms with Crippen molar-refractivity contribution in [3.05, 3.63) is 362 Å². The zero-order chi connectivity index (χ0) is 61.8. The Morgan fingerprint density at radius 3 is 1.34 bits per heavy atom. The first-order valence-corrected chi connectivity index (χ1v) is 32.2. The van der Waals surface area contributed by atoms with Gasteiger partial charge in [-0.3, -0.25) is 4.57 Å². The molecule has 3 heterocycles. The van der Waals surface area contributed by atoms with E-state index in [0.29, 0.717) is 17.6 Å². The normalized spacial score (nSPS) is 12.6. The second-order valence-electron chi connectivity index (χ2n) is 24.6. The van der Waals surface area contributed by atoms with E-state index in [-0.39, 0.29) is 0 Å². The Morgan fingerprint density at radius 2 is 0.702 bits per heavy atom. The summed E-state index contributed by atoms with van der Waals surface area (Å²) in [4.78, 5) is 18.3. The van der Waals surface area contributed by atoms with Gasteiger partial charge in [0, 0.05) is 49.7 Å². The molecule has 0 aliphatic heterocycles. The largest absolute Gasteiger partial charge is 0.309 e. The first kappa shape index (κ1) is 53.3. The van der Waals surface area contributed by atoms with E-state index in [9.17, 15) is 0 Å². The Kier molecular flexibility index (Phi) is 12.1. The van der Waals surface area contributed by atoms with E-state index in [2.05, 4.69) is 317 Å². The molecule has 1 spiro atoms.